The summed E-state index contributed by atoms with van der Waals surface area (Å²) in [5, 5.41) is 30.4. The molecule has 0 aromatic carbocycles. The van der Waals surface area contributed by atoms with E-state index in [0.29, 0.717) is 13.0 Å². The number of aliphatic hydroxyl groups excluding tert-OH is 3. The van der Waals surface area contributed by atoms with Crippen LogP contribution in [0.5, 0.6) is 0 Å². The molecule has 0 radical (unpaired) electrons. The fraction of sp³-hybridized carbons (Fsp3) is 0.868. The monoisotopic (exact) mass is 750 g/mol. The molecule has 12 nitrogen and oxygen atoms in total. The van der Waals surface area contributed by atoms with Crippen LogP contribution in [0.2, 0.25) is 0 Å². The van der Waals surface area contributed by atoms with Gasteiger partial charge in [-0.25, -0.2) is 4.18 Å². The molecule has 0 saturated carbocycles. The van der Waals surface area contributed by atoms with Gasteiger partial charge in [0.15, 0.2) is 6.29 Å². The lowest BCUT2D eigenvalue weighted by molar-refractivity contribution is -0.301. The third-order valence-electron chi connectivity index (χ3n) is 8.83. The van der Waals surface area contributed by atoms with Crippen LogP contribution in [0.15, 0.2) is 24.3 Å². The standard InChI is InChI=1S/C38H70O12S/c1-3-5-7-9-11-12-13-14-15-16-17-18-19-20-21-22-24-26-28-46-30-32(48-34(40)27-25-23-10-8-6-4-2)31-47-38-36(42)37(50-51(43,44)45)35(41)33(29-39)49-38/h11-12,14-15,32-33,35-39,41-42H,3-10,13,16-31H2,1-2H3,(H,43,44,45)/b12-11-,15-14-. The zero-order chi connectivity index (χ0) is 37.6. The van der Waals surface area contributed by atoms with Gasteiger partial charge in [-0.05, 0) is 44.9 Å². The number of ether oxygens (including phenoxy) is 4. The van der Waals surface area contributed by atoms with Gasteiger partial charge < -0.3 is 34.3 Å². The molecule has 1 saturated heterocycles. The van der Waals surface area contributed by atoms with Crippen LogP contribution in [-0.4, -0.2) is 97.5 Å². The molecule has 1 rings (SSSR count). The van der Waals surface area contributed by atoms with Gasteiger partial charge >= 0.3 is 16.4 Å². The maximum Gasteiger partial charge on any atom is 0.397 e. The molecule has 0 spiro atoms. The molecule has 0 aliphatic carbocycles. The average Bonchev–Trinajstić information content (AvgIpc) is 3.09. The predicted molar refractivity (Wildman–Crippen MR) is 197 cm³/mol. The molecule has 1 heterocycles. The second kappa shape index (κ2) is 31.0. The summed E-state index contributed by atoms with van der Waals surface area (Å²) in [5.74, 6) is -0.412. The highest BCUT2D eigenvalue weighted by Crippen LogP contribution is 2.26. The normalized spacial score (nSPS) is 21.9. The molecule has 300 valence electrons. The molecule has 6 atom stereocenters. The van der Waals surface area contributed by atoms with Crippen LogP contribution >= 0.6 is 0 Å². The van der Waals surface area contributed by atoms with E-state index in [1.54, 1.807) is 0 Å². The molecular formula is C38H70O12S. The van der Waals surface area contributed by atoms with E-state index in [4.69, 9.17) is 23.5 Å². The number of aliphatic hydroxyl groups is 3. The molecule has 51 heavy (non-hydrogen) atoms. The number of carbonyl (C=O) groups is 1. The number of unbranched alkanes of at least 4 members (excludes halogenated alkanes) is 16. The average molecular weight is 751 g/mol. The highest BCUT2D eigenvalue weighted by Gasteiger charge is 2.48. The van der Waals surface area contributed by atoms with Crippen molar-refractivity contribution in [2.24, 2.45) is 0 Å². The molecule has 1 aliphatic heterocycles. The predicted octanol–water partition coefficient (Wildman–Crippen LogP) is 6.90. The first-order valence-electron chi connectivity index (χ1n) is 19.6. The molecular weight excluding hydrogens is 680 g/mol. The van der Waals surface area contributed by atoms with Gasteiger partial charge in [0, 0.05) is 13.0 Å². The summed E-state index contributed by atoms with van der Waals surface area (Å²) in [7, 11) is -5.05. The lowest BCUT2D eigenvalue weighted by atomic mass is 9.99. The Kier molecular flexibility index (Phi) is 28.9. The first-order valence-corrected chi connectivity index (χ1v) is 21.0. The van der Waals surface area contributed by atoms with E-state index in [9.17, 15) is 28.5 Å². The van der Waals surface area contributed by atoms with Gasteiger partial charge in [-0.15, -0.1) is 0 Å². The second-order valence-corrected chi connectivity index (χ2v) is 14.6. The van der Waals surface area contributed by atoms with Gasteiger partial charge in [-0.1, -0.05) is 122 Å². The first-order chi connectivity index (χ1) is 24.6. The lowest BCUT2D eigenvalue weighted by Gasteiger charge is -2.41. The van der Waals surface area contributed by atoms with Gasteiger partial charge in [0.05, 0.1) is 19.8 Å². The summed E-state index contributed by atoms with van der Waals surface area (Å²) in [6.45, 7) is 3.86. The van der Waals surface area contributed by atoms with Crippen molar-refractivity contribution in [2.45, 2.75) is 185 Å². The minimum absolute atomic E-state index is 0.0335. The number of hydrogen-bond donors (Lipinski definition) is 4. The Balaban J connectivity index is 2.40. The van der Waals surface area contributed by atoms with E-state index in [1.165, 1.54) is 57.8 Å². The fourth-order valence-electron chi connectivity index (χ4n) is 5.82. The van der Waals surface area contributed by atoms with Crippen LogP contribution in [0.3, 0.4) is 0 Å². The van der Waals surface area contributed by atoms with E-state index in [0.717, 1.165) is 64.2 Å². The summed E-state index contributed by atoms with van der Waals surface area (Å²) in [6, 6.07) is 0. The van der Waals surface area contributed by atoms with Gasteiger partial charge in [-0.2, -0.15) is 8.42 Å². The highest BCUT2D eigenvalue weighted by atomic mass is 32.3. The SMILES string of the molecule is CCCCC/C=C\C/C=C\CCCCCCCCCCOCC(COC1OC(CO)C(O)C(OS(=O)(=O)O)C1O)OC(=O)CCCCCCCC. The van der Waals surface area contributed by atoms with Gasteiger partial charge in [-0.3, -0.25) is 9.35 Å². The van der Waals surface area contributed by atoms with E-state index < -0.39 is 59.8 Å². The van der Waals surface area contributed by atoms with E-state index in [1.807, 2.05) is 0 Å². The molecule has 0 amide bonds. The Morgan fingerprint density at radius 1 is 0.745 bits per heavy atom. The molecule has 0 aromatic heterocycles. The van der Waals surface area contributed by atoms with Crippen LogP contribution in [0.1, 0.15) is 149 Å². The van der Waals surface area contributed by atoms with Gasteiger partial charge in [0.1, 0.15) is 30.5 Å². The van der Waals surface area contributed by atoms with E-state index >= 15 is 0 Å². The van der Waals surface area contributed by atoms with Crippen molar-refractivity contribution in [2.75, 3.05) is 26.4 Å². The number of allylic oxidation sites excluding steroid dienone is 4. The minimum atomic E-state index is -5.05. The second-order valence-electron chi connectivity index (χ2n) is 13.5. The molecule has 4 N–H and O–H groups in total. The first kappa shape index (κ1) is 47.6. The lowest BCUT2D eigenvalue weighted by Crippen LogP contribution is -2.60. The number of esters is 1. The topological polar surface area (TPSA) is 178 Å². The van der Waals surface area contributed by atoms with Crippen LogP contribution in [0, 0.1) is 0 Å². The Hall–Kier alpha value is -1.42. The van der Waals surface area contributed by atoms with Crippen LogP contribution in [0.4, 0.5) is 0 Å². The Labute approximate surface area is 308 Å². The van der Waals surface area contributed by atoms with E-state index in [2.05, 4.69) is 42.3 Å². The summed E-state index contributed by atoms with van der Waals surface area (Å²) >= 11 is 0. The minimum Gasteiger partial charge on any atom is -0.457 e. The maximum atomic E-state index is 12.6. The molecule has 13 heteroatoms. The number of hydrogen-bond acceptors (Lipinski definition) is 11. The zero-order valence-electron chi connectivity index (χ0n) is 31.4. The van der Waals surface area contributed by atoms with Crippen molar-refractivity contribution in [3.63, 3.8) is 0 Å². The molecule has 0 bridgehead atoms. The van der Waals surface area contributed by atoms with Crippen molar-refractivity contribution in [3.8, 4) is 0 Å². The third kappa shape index (κ3) is 25.3. The Morgan fingerprint density at radius 2 is 1.29 bits per heavy atom. The van der Waals surface area contributed by atoms with Gasteiger partial charge in [0.2, 0.25) is 0 Å². The quantitative estimate of drug-likeness (QED) is 0.0236. The Bertz CT molecular complexity index is 1000. The van der Waals surface area contributed by atoms with Crippen LogP contribution in [0.25, 0.3) is 0 Å². The summed E-state index contributed by atoms with van der Waals surface area (Å²) in [5.41, 5.74) is 0. The zero-order valence-corrected chi connectivity index (χ0v) is 32.2. The largest absolute Gasteiger partial charge is 0.457 e. The number of rotatable bonds is 33. The van der Waals surface area contributed by atoms with Crippen LogP contribution in [-0.2, 0) is 38.3 Å². The smallest absolute Gasteiger partial charge is 0.397 e. The summed E-state index contributed by atoms with van der Waals surface area (Å²) in [4.78, 5) is 12.6. The maximum absolute atomic E-state index is 12.6. The van der Waals surface area contributed by atoms with Crippen LogP contribution < -0.4 is 0 Å². The molecule has 6 unspecified atom stereocenters. The van der Waals surface area contributed by atoms with Crippen molar-refractivity contribution in [3.05, 3.63) is 24.3 Å². The van der Waals surface area contributed by atoms with Crippen molar-refractivity contribution in [1.29, 1.82) is 0 Å². The summed E-state index contributed by atoms with van der Waals surface area (Å²) in [6.07, 6.45) is 22.6. The van der Waals surface area contributed by atoms with E-state index in [-0.39, 0.29) is 19.6 Å². The third-order valence-corrected chi connectivity index (χ3v) is 9.29. The van der Waals surface area contributed by atoms with Crippen molar-refractivity contribution < 1.29 is 56.2 Å². The molecule has 1 fully saturated rings. The number of carbonyl (C=O) groups excluding carboxylic acids is 1. The highest BCUT2D eigenvalue weighted by molar-refractivity contribution is 7.80. The Morgan fingerprint density at radius 3 is 1.90 bits per heavy atom. The fourth-order valence-corrected chi connectivity index (χ4v) is 6.33. The summed E-state index contributed by atoms with van der Waals surface area (Å²) < 4.78 is 58.6. The molecule has 0 aromatic rings. The van der Waals surface area contributed by atoms with Crippen molar-refractivity contribution >= 4 is 16.4 Å². The van der Waals surface area contributed by atoms with Gasteiger partial charge in [0.25, 0.3) is 0 Å². The van der Waals surface area contributed by atoms with Crippen molar-refractivity contribution in [1.82, 2.24) is 0 Å². The molecule has 1 aliphatic rings.